The van der Waals surface area contributed by atoms with Gasteiger partial charge >= 0.3 is 13.2 Å². The van der Waals surface area contributed by atoms with Crippen LogP contribution in [0.4, 0.5) is 4.79 Å². The summed E-state index contributed by atoms with van der Waals surface area (Å²) in [4.78, 5) is 12.5. The molecule has 0 saturated carbocycles. The van der Waals surface area contributed by atoms with Gasteiger partial charge in [0.1, 0.15) is 19.0 Å². The lowest BCUT2D eigenvalue weighted by Gasteiger charge is -2.32. The first kappa shape index (κ1) is 26.5. The molecule has 1 saturated heterocycles. The third-order valence-electron chi connectivity index (χ3n) is 6.66. The van der Waals surface area contributed by atoms with Crippen LogP contribution in [0.15, 0.2) is 90.4 Å². The van der Waals surface area contributed by atoms with E-state index in [-0.39, 0.29) is 13.2 Å². The molecule has 37 heavy (non-hydrogen) atoms. The highest BCUT2D eigenvalue weighted by Crippen LogP contribution is 2.38. The monoisotopic (exact) mass is 499 g/mol. The third-order valence-corrected chi connectivity index (χ3v) is 6.66. The van der Waals surface area contributed by atoms with Gasteiger partial charge in [0.2, 0.25) is 0 Å². The van der Waals surface area contributed by atoms with Crippen molar-refractivity contribution in [1.29, 1.82) is 0 Å². The Hall–Kier alpha value is -3.55. The van der Waals surface area contributed by atoms with Crippen LogP contribution >= 0.6 is 0 Å². The standard InChI is InChI=1S/C30H34BNO5/c1-29(2)30(3,4)37-31(36-29)26(20-32-28(33)35-22-24-14-9-6-10-15-24)18-25-16-11-17-27(19-25)34-21-23-12-7-5-8-13-23/h5-19H,20-22H2,1-4H3,(H,32,33). The molecule has 1 heterocycles. The van der Waals surface area contributed by atoms with E-state index in [1.165, 1.54) is 0 Å². The van der Waals surface area contributed by atoms with E-state index in [1.807, 2.05) is 119 Å². The molecule has 192 valence electrons. The van der Waals surface area contributed by atoms with E-state index >= 15 is 0 Å². The Bertz CT molecular complexity index is 1190. The predicted octanol–water partition coefficient (Wildman–Crippen LogP) is 6.21. The van der Waals surface area contributed by atoms with Gasteiger partial charge in [0.05, 0.1) is 11.2 Å². The van der Waals surface area contributed by atoms with E-state index in [9.17, 15) is 4.79 Å². The molecule has 3 aromatic carbocycles. The number of benzene rings is 3. The molecule has 0 atom stereocenters. The van der Waals surface area contributed by atoms with E-state index in [0.717, 1.165) is 27.9 Å². The molecular formula is C30H34BNO5. The fourth-order valence-corrected chi connectivity index (χ4v) is 3.79. The molecule has 1 amide bonds. The maximum atomic E-state index is 12.5. The number of hydrogen-bond donors (Lipinski definition) is 1. The third kappa shape index (κ3) is 7.25. The minimum atomic E-state index is -0.617. The second-order valence-electron chi connectivity index (χ2n) is 10.1. The van der Waals surface area contributed by atoms with Gasteiger partial charge < -0.3 is 24.1 Å². The van der Waals surface area contributed by atoms with Gasteiger partial charge in [-0.3, -0.25) is 0 Å². The van der Waals surface area contributed by atoms with Crippen molar-refractivity contribution in [2.24, 2.45) is 0 Å². The molecule has 0 radical (unpaired) electrons. The number of carbonyl (C=O) groups excluding carboxylic acids is 1. The number of carbonyl (C=O) groups is 1. The summed E-state index contributed by atoms with van der Waals surface area (Å²) in [6.07, 6.45) is 1.46. The average molecular weight is 499 g/mol. The molecule has 0 unspecified atom stereocenters. The van der Waals surface area contributed by atoms with Gasteiger partial charge in [0.15, 0.2) is 0 Å². The summed E-state index contributed by atoms with van der Waals surface area (Å²) in [6, 6.07) is 27.4. The fourth-order valence-electron chi connectivity index (χ4n) is 3.79. The fraction of sp³-hybridized carbons (Fsp3) is 0.300. The van der Waals surface area contributed by atoms with Crippen LogP contribution in [0.5, 0.6) is 5.75 Å². The lowest BCUT2D eigenvalue weighted by Crippen LogP contribution is -2.41. The average Bonchev–Trinajstić information content (AvgIpc) is 3.12. The van der Waals surface area contributed by atoms with Gasteiger partial charge in [-0.2, -0.15) is 0 Å². The van der Waals surface area contributed by atoms with Gasteiger partial charge in [-0.1, -0.05) is 78.9 Å². The summed E-state index contributed by atoms with van der Waals surface area (Å²) < 4.78 is 23.9. The van der Waals surface area contributed by atoms with Crippen LogP contribution in [-0.4, -0.2) is 31.0 Å². The van der Waals surface area contributed by atoms with Crippen molar-refractivity contribution in [3.63, 3.8) is 0 Å². The second-order valence-corrected chi connectivity index (χ2v) is 10.1. The molecule has 0 spiro atoms. The Morgan fingerprint density at radius 2 is 1.43 bits per heavy atom. The van der Waals surface area contributed by atoms with Crippen molar-refractivity contribution in [2.45, 2.75) is 52.1 Å². The maximum absolute atomic E-state index is 12.5. The molecule has 4 rings (SSSR count). The van der Waals surface area contributed by atoms with Crippen LogP contribution in [0, 0.1) is 0 Å². The topological polar surface area (TPSA) is 66.0 Å². The van der Waals surface area contributed by atoms with Gasteiger partial charge in [-0.25, -0.2) is 4.79 Å². The molecular weight excluding hydrogens is 465 g/mol. The molecule has 0 bridgehead atoms. The summed E-state index contributed by atoms with van der Waals surface area (Å²) >= 11 is 0. The minimum Gasteiger partial charge on any atom is -0.489 e. The molecule has 1 fully saturated rings. The molecule has 1 aliphatic heterocycles. The summed E-state index contributed by atoms with van der Waals surface area (Å²) in [5.74, 6) is 0.751. The molecule has 7 heteroatoms. The quantitative estimate of drug-likeness (QED) is 0.355. The number of rotatable bonds is 9. The SMILES string of the molecule is CC1(C)OB(C(=Cc2cccc(OCc3ccccc3)c2)CNC(=O)OCc2ccccc2)OC1(C)C. The normalized spacial score (nSPS) is 16.3. The molecule has 1 aliphatic rings. The molecule has 0 aliphatic carbocycles. The Morgan fingerprint density at radius 1 is 0.838 bits per heavy atom. The lowest BCUT2D eigenvalue weighted by atomic mass is 9.77. The van der Waals surface area contributed by atoms with Crippen molar-refractivity contribution >= 4 is 19.3 Å². The largest absolute Gasteiger partial charge is 0.492 e. The second kappa shape index (κ2) is 11.7. The van der Waals surface area contributed by atoms with E-state index in [1.54, 1.807) is 0 Å². The number of amides is 1. The van der Waals surface area contributed by atoms with Crippen molar-refractivity contribution in [1.82, 2.24) is 5.32 Å². The van der Waals surface area contributed by atoms with Crippen LogP contribution in [0.3, 0.4) is 0 Å². The van der Waals surface area contributed by atoms with Gasteiger partial charge in [-0.05, 0) is 62.0 Å². The highest BCUT2D eigenvalue weighted by atomic mass is 16.7. The summed E-state index contributed by atoms with van der Waals surface area (Å²) in [7, 11) is -0.617. The number of hydrogen-bond acceptors (Lipinski definition) is 5. The first-order valence-corrected chi connectivity index (χ1v) is 12.5. The molecule has 0 aromatic heterocycles. The highest BCUT2D eigenvalue weighted by molar-refractivity contribution is 6.56. The van der Waals surface area contributed by atoms with Crippen LogP contribution < -0.4 is 10.1 Å². The van der Waals surface area contributed by atoms with Crippen LogP contribution in [0.2, 0.25) is 0 Å². The van der Waals surface area contributed by atoms with E-state index in [4.69, 9.17) is 18.8 Å². The van der Waals surface area contributed by atoms with Crippen molar-refractivity contribution in [3.8, 4) is 5.75 Å². The summed E-state index contributed by atoms with van der Waals surface area (Å²) in [6.45, 7) is 8.90. The smallest absolute Gasteiger partial charge is 0.489 e. The van der Waals surface area contributed by atoms with E-state index in [0.29, 0.717) is 6.61 Å². The van der Waals surface area contributed by atoms with Crippen molar-refractivity contribution in [3.05, 3.63) is 107 Å². The van der Waals surface area contributed by atoms with Gasteiger partial charge in [0.25, 0.3) is 0 Å². The van der Waals surface area contributed by atoms with Crippen LogP contribution in [-0.2, 0) is 27.3 Å². The molecule has 6 nitrogen and oxygen atoms in total. The zero-order chi connectivity index (χ0) is 26.3. The summed E-state index contributed by atoms with van der Waals surface area (Å²) in [5, 5.41) is 2.85. The Kier molecular flexibility index (Phi) is 8.36. The van der Waals surface area contributed by atoms with Crippen LogP contribution in [0.25, 0.3) is 6.08 Å². The first-order chi connectivity index (χ1) is 17.7. The molecule has 1 N–H and O–H groups in total. The molecule has 3 aromatic rings. The van der Waals surface area contributed by atoms with E-state index in [2.05, 4.69) is 5.32 Å². The van der Waals surface area contributed by atoms with Crippen molar-refractivity contribution < 1.29 is 23.6 Å². The first-order valence-electron chi connectivity index (χ1n) is 12.5. The van der Waals surface area contributed by atoms with Gasteiger partial charge in [0, 0.05) is 6.54 Å². The Labute approximate surface area is 219 Å². The maximum Gasteiger partial charge on any atom is 0.492 e. The minimum absolute atomic E-state index is 0.197. The lowest BCUT2D eigenvalue weighted by molar-refractivity contribution is 0.00578. The van der Waals surface area contributed by atoms with E-state index < -0.39 is 24.4 Å². The highest BCUT2D eigenvalue weighted by Gasteiger charge is 2.52. The Balaban J connectivity index is 1.47. The van der Waals surface area contributed by atoms with Gasteiger partial charge in [-0.15, -0.1) is 0 Å². The number of ether oxygens (including phenoxy) is 2. The number of alkyl carbamates (subject to hydrolysis) is 1. The predicted molar refractivity (Wildman–Crippen MR) is 146 cm³/mol. The zero-order valence-electron chi connectivity index (χ0n) is 21.9. The van der Waals surface area contributed by atoms with Crippen LogP contribution in [0.1, 0.15) is 44.4 Å². The Morgan fingerprint density at radius 3 is 2.05 bits per heavy atom. The summed E-state index contributed by atoms with van der Waals surface area (Å²) in [5.41, 5.74) is 2.69. The number of nitrogens with one attached hydrogen (secondary N) is 1. The van der Waals surface area contributed by atoms with Crippen molar-refractivity contribution in [2.75, 3.05) is 6.54 Å². The zero-order valence-corrected chi connectivity index (χ0v) is 21.9.